The van der Waals surface area contributed by atoms with Gasteiger partial charge in [0.1, 0.15) is 0 Å². The summed E-state index contributed by atoms with van der Waals surface area (Å²) in [5.74, 6) is -1.59. The molecule has 0 aliphatic carbocycles. The van der Waals surface area contributed by atoms with Gasteiger partial charge in [-0.05, 0) is 44.0 Å². The second kappa shape index (κ2) is 9.68. The fourth-order valence-electron chi connectivity index (χ4n) is 2.94. The monoisotopic (exact) mass is 386 g/mol. The van der Waals surface area contributed by atoms with Crippen molar-refractivity contribution in [2.45, 2.75) is 46.1 Å². The average molecular weight is 386 g/mol. The number of anilines is 1. The molecule has 2 rings (SSSR count). The Kier molecular flexibility index (Phi) is 7.31. The molecule has 28 heavy (non-hydrogen) atoms. The summed E-state index contributed by atoms with van der Waals surface area (Å²) in [6.45, 7) is 6.13. The molecule has 0 bridgehead atoms. The standard InChI is InChI=1S/C20H26N4O4/c1-4-16(5-2)24-13(3)17(12-22-24)20(28)23-15-8-6-14(7-9-15)19(27)21-11-10-18(25)26/h6-9,12,16H,4-5,10-11H2,1-3H3,(H,21,27)(H,23,28)(H,25,26). The van der Waals surface area contributed by atoms with Crippen molar-refractivity contribution in [3.63, 3.8) is 0 Å². The van der Waals surface area contributed by atoms with Crippen LogP contribution < -0.4 is 10.6 Å². The third-order valence-electron chi connectivity index (χ3n) is 4.61. The molecule has 1 heterocycles. The van der Waals surface area contributed by atoms with Crippen LogP contribution in [0.3, 0.4) is 0 Å². The van der Waals surface area contributed by atoms with E-state index in [0.29, 0.717) is 16.8 Å². The highest BCUT2D eigenvalue weighted by molar-refractivity contribution is 6.05. The van der Waals surface area contributed by atoms with E-state index < -0.39 is 5.97 Å². The van der Waals surface area contributed by atoms with Crippen molar-refractivity contribution in [3.8, 4) is 0 Å². The molecule has 0 fully saturated rings. The zero-order chi connectivity index (χ0) is 20.7. The molecule has 2 aromatic rings. The first-order valence-corrected chi connectivity index (χ1v) is 9.32. The second-order valence-corrected chi connectivity index (χ2v) is 6.49. The number of aromatic nitrogens is 2. The first-order valence-electron chi connectivity index (χ1n) is 9.32. The minimum absolute atomic E-state index is 0.0619. The maximum atomic E-state index is 12.6. The van der Waals surface area contributed by atoms with Gasteiger partial charge >= 0.3 is 5.97 Å². The van der Waals surface area contributed by atoms with Gasteiger partial charge in [0.2, 0.25) is 0 Å². The summed E-state index contributed by atoms with van der Waals surface area (Å²) in [5.41, 5.74) is 2.28. The SMILES string of the molecule is CCC(CC)n1ncc(C(=O)Nc2ccc(C(=O)NCCC(=O)O)cc2)c1C. The van der Waals surface area contributed by atoms with Gasteiger partial charge in [0.25, 0.3) is 11.8 Å². The Morgan fingerprint density at radius 3 is 2.32 bits per heavy atom. The van der Waals surface area contributed by atoms with E-state index in [9.17, 15) is 14.4 Å². The van der Waals surface area contributed by atoms with E-state index >= 15 is 0 Å². The summed E-state index contributed by atoms with van der Waals surface area (Å²) in [5, 5.41) is 18.3. The number of nitrogens with zero attached hydrogens (tertiary/aromatic N) is 2. The van der Waals surface area contributed by atoms with Crippen molar-refractivity contribution >= 4 is 23.5 Å². The minimum atomic E-state index is -0.971. The van der Waals surface area contributed by atoms with Crippen molar-refractivity contribution < 1.29 is 19.5 Å². The number of aliphatic carboxylic acids is 1. The fourth-order valence-corrected chi connectivity index (χ4v) is 2.94. The average Bonchev–Trinajstić information content (AvgIpc) is 3.04. The molecular formula is C20H26N4O4. The summed E-state index contributed by atoms with van der Waals surface area (Å²) in [6, 6.07) is 6.67. The topological polar surface area (TPSA) is 113 Å². The number of amides is 2. The molecule has 0 spiro atoms. The van der Waals surface area contributed by atoms with Gasteiger partial charge in [0.05, 0.1) is 24.2 Å². The zero-order valence-corrected chi connectivity index (χ0v) is 16.4. The Labute approximate surface area is 163 Å². The third kappa shape index (κ3) is 5.18. The van der Waals surface area contributed by atoms with Gasteiger partial charge < -0.3 is 15.7 Å². The van der Waals surface area contributed by atoms with Crippen LogP contribution in [-0.2, 0) is 4.79 Å². The van der Waals surface area contributed by atoms with E-state index in [1.165, 1.54) is 0 Å². The number of benzene rings is 1. The maximum absolute atomic E-state index is 12.6. The van der Waals surface area contributed by atoms with Gasteiger partial charge in [0.15, 0.2) is 0 Å². The number of carbonyl (C=O) groups is 3. The van der Waals surface area contributed by atoms with Crippen LogP contribution in [0.5, 0.6) is 0 Å². The van der Waals surface area contributed by atoms with Crippen molar-refractivity contribution in [1.82, 2.24) is 15.1 Å². The maximum Gasteiger partial charge on any atom is 0.305 e. The largest absolute Gasteiger partial charge is 0.481 e. The van der Waals surface area contributed by atoms with Crippen molar-refractivity contribution in [2.24, 2.45) is 0 Å². The smallest absolute Gasteiger partial charge is 0.305 e. The van der Waals surface area contributed by atoms with E-state index in [1.807, 2.05) is 11.6 Å². The molecule has 0 aliphatic rings. The molecule has 1 aromatic heterocycles. The van der Waals surface area contributed by atoms with Gasteiger partial charge in [0, 0.05) is 23.5 Å². The molecular weight excluding hydrogens is 360 g/mol. The van der Waals surface area contributed by atoms with Gasteiger partial charge in [-0.2, -0.15) is 5.10 Å². The normalized spacial score (nSPS) is 10.7. The molecule has 0 unspecified atom stereocenters. The third-order valence-corrected chi connectivity index (χ3v) is 4.61. The lowest BCUT2D eigenvalue weighted by Crippen LogP contribution is -2.25. The summed E-state index contributed by atoms with van der Waals surface area (Å²) >= 11 is 0. The van der Waals surface area contributed by atoms with Crippen LogP contribution in [0, 0.1) is 6.92 Å². The summed E-state index contributed by atoms with van der Waals surface area (Å²) in [7, 11) is 0. The van der Waals surface area contributed by atoms with Gasteiger partial charge in [-0.3, -0.25) is 19.1 Å². The van der Waals surface area contributed by atoms with Crippen LogP contribution in [0.1, 0.15) is 65.6 Å². The molecule has 0 radical (unpaired) electrons. The summed E-state index contributed by atoms with van der Waals surface area (Å²) in [6.07, 6.45) is 3.32. The lowest BCUT2D eigenvalue weighted by Gasteiger charge is -2.15. The predicted molar refractivity (Wildman–Crippen MR) is 106 cm³/mol. The molecule has 8 heteroatoms. The molecule has 3 N–H and O–H groups in total. The van der Waals surface area contributed by atoms with Crippen LogP contribution in [-0.4, -0.2) is 39.2 Å². The number of carbonyl (C=O) groups excluding carboxylic acids is 2. The van der Waals surface area contributed by atoms with Crippen molar-refractivity contribution in [2.75, 3.05) is 11.9 Å². The first-order chi connectivity index (χ1) is 13.4. The molecule has 8 nitrogen and oxygen atoms in total. The molecule has 0 atom stereocenters. The van der Waals surface area contributed by atoms with Crippen LogP contribution >= 0.6 is 0 Å². The molecule has 0 saturated carbocycles. The van der Waals surface area contributed by atoms with Crippen LogP contribution in [0.15, 0.2) is 30.5 Å². The number of hydrogen-bond donors (Lipinski definition) is 3. The molecule has 0 saturated heterocycles. The Balaban J connectivity index is 2.01. The number of carboxylic acids is 1. The zero-order valence-electron chi connectivity index (χ0n) is 16.4. The molecule has 2 amide bonds. The molecule has 150 valence electrons. The Morgan fingerprint density at radius 1 is 1.11 bits per heavy atom. The van der Waals surface area contributed by atoms with Crippen molar-refractivity contribution in [1.29, 1.82) is 0 Å². The van der Waals surface area contributed by atoms with E-state index in [2.05, 4.69) is 29.6 Å². The van der Waals surface area contributed by atoms with E-state index in [-0.39, 0.29) is 30.8 Å². The highest BCUT2D eigenvalue weighted by atomic mass is 16.4. The minimum Gasteiger partial charge on any atom is -0.481 e. The van der Waals surface area contributed by atoms with Gasteiger partial charge in [-0.1, -0.05) is 13.8 Å². The lowest BCUT2D eigenvalue weighted by atomic mass is 10.1. The Bertz CT molecular complexity index is 838. The van der Waals surface area contributed by atoms with Crippen LogP contribution in [0.2, 0.25) is 0 Å². The number of hydrogen-bond acceptors (Lipinski definition) is 4. The second-order valence-electron chi connectivity index (χ2n) is 6.49. The number of nitrogens with one attached hydrogen (secondary N) is 2. The highest BCUT2D eigenvalue weighted by Crippen LogP contribution is 2.20. The van der Waals surface area contributed by atoms with E-state index in [4.69, 9.17) is 5.11 Å². The quantitative estimate of drug-likeness (QED) is 0.613. The number of carboxylic acid groups (broad SMARTS) is 1. The first kappa shape index (κ1) is 21.1. The van der Waals surface area contributed by atoms with Crippen LogP contribution in [0.25, 0.3) is 0 Å². The lowest BCUT2D eigenvalue weighted by molar-refractivity contribution is -0.136. The van der Waals surface area contributed by atoms with E-state index in [0.717, 1.165) is 18.5 Å². The Morgan fingerprint density at radius 2 is 1.75 bits per heavy atom. The van der Waals surface area contributed by atoms with Crippen LogP contribution in [0.4, 0.5) is 5.69 Å². The molecule has 0 aliphatic heterocycles. The molecule has 1 aromatic carbocycles. The predicted octanol–water partition coefficient (Wildman–Crippen LogP) is 3.01. The fraction of sp³-hybridized carbons (Fsp3) is 0.400. The summed E-state index contributed by atoms with van der Waals surface area (Å²) in [4.78, 5) is 35.0. The van der Waals surface area contributed by atoms with Gasteiger partial charge in [-0.25, -0.2) is 0 Å². The Hall–Kier alpha value is -3.16. The van der Waals surface area contributed by atoms with Crippen molar-refractivity contribution in [3.05, 3.63) is 47.3 Å². The number of rotatable bonds is 9. The van der Waals surface area contributed by atoms with E-state index in [1.54, 1.807) is 30.5 Å². The highest BCUT2D eigenvalue weighted by Gasteiger charge is 2.18. The summed E-state index contributed by atoms with van der Waals surface area (Å²) < 4.78 is 1.89. The van der Waals surface area contributed by atoms with Gasteiger partial charge in [-0.15, -0.1) is 0 Å².